The highest BCUT2D eigenvalue weighted by Crippen LogP contribution is 2.25. The van der Waals surface area contributed by atoms with E-state index in [1.54, 1.807) is 20.0 Å². The molecule has 0 spiro atoms. The van der Waals surface area contributed by atoms with Crippen molar-refractivity contribution in [2.75, 3.05) is 13.1 Å². The lowest BCUT2D eigenvalue weighted by molar-refractivity contribution is 0.0543. The zero-order valence-electron chi connectivity index (χ0n) is 18.4. The van der Waals surface area contributed by atoms with Gasteiger partial charge in [-0.1, -0.05) is 37.3 Å². The van der Waals surface area contributed by atoms with E-state index in [1.165, 1.54) is 5.56 Å². The monoisotopic (exact) mass is 433 g/mol. The summed E-state index contributed by atoms with van der Waals surface area (Å²) in [6.07, 6.45) is 5.02. The number of aryl methyl sites for hydroxylation is 1. The second-order valence-corrected chi connectivity index (χ2v) is 11.0. The third-order valence-corrected chi connectivity index (χ3v) is 8.30. The fraction of sp³-hybridized carbons (Fsp3) is 0.609. The summed E-state index contributed by atoms with van der Waals surface area (Å²) in [4.78, 5) is 6.70. The summed E-state index contributed by atoms with van der Waals surface area (Å²) >= 11 is 0. The second-order valence-electron chi connectivity index (χ2n) is 8.60. The van der Waals surface area contributed by atoms with Crippen molar-refractivity contribution in [3.8, 4) is 0 Å². The summed E-state index contributed by atoms with van der Waals surface area (Å²) in [7, 11) is -3.46. The van der Waals surface area contributed by atoms with Crippen LogP contribution in [-0.2, 0) is 29.3 Å². The number of aromatic nitrogens is 2. The molecule has 6 nitrogen and oxygen atoms in total. The van der Waals surface area contributed by atoms with Crippen LogP contribution in [-0.4, -0.2) is 52.4 Å². The molecule has 1 fully saturated rings. The number of imidazole rings is 1. The van der Waals surface area contributed by atoms with Crippen molar-refractivity contribution in [2.45, 2.75) is 76.1 Å². The van der Waals surface area contributed by atoms with Crippen LogP contribution in [0.25, 0.3) is 0 Å². The predicted molar refractivity (Wildman–Crippen MR) is 119 cm³/mol. The molecule has 0 amide bonds. The summed E-state index contributed by atoms with van der Waals surface area (Å²) in [5.74, 6) is 0.367. The molecule has 166 valence electrons. The van der Waals surface area contributed by atoms with Gasteiger partial charge in [0.05, 0.1) is 23.2 Å². The van der Waals surface area contributed by atoms with Gasteiger partial charge in [0.1, 0.15) is 0 Å². The molecule has 1 aliphatic heterocycles. The fourth-order valence-electron chi connectivity index (χ4n) is 4.14. The normalized spacial score (nSPS) is 17.5. The maximum absolute atomic E-state index is 12.9. The Kier molecular flexibility index (Phi) is 7.71. The van der Waals surface area contributed by atoms with Gasteiger partial charge in [-0.2, -0.15) is 0 Å². The molecular weight excluding hydrogens is 398 g/mol. The first kappa shape index (κ1) is 23.0. The standard InChI is InChI=1S/C23H35N3O3S/c1-4-22(27)20-11-13-25(14-12-20)17-21-16-24-23(30(28,29)18(2)3)26(21)15-10-19-8-6-5-7-9-19/h5-9,16,18,20,22,27H,4,10-15,17H2,1-3H3/t22-/m1/s1. The van der Waals surface area contributed by atoms with Gasteiger partial charge >= 0.3 is 0 Å². The molecule has 1 atom stereocenters. The number of nitrogens with zero attached hydrogens (tertiary/aromatic N) is 3. The van der Waals surface area contributed by atoms with Gasteiger partial charge in [0, 0.05) is 13.1 Å². The number of hydrogen-bond donors (Lipinski definition) is 1. The van der Waals surface area contributed by atoms with Crippen LogP contribution in [0.2, 0.25) is 0 Å². The first-order valence-electron chi connectivity index (χ1n) is 11.1. The van der Waals surface area contributed by atoms with Crippen LogP contribution in [0, 0.1) is 5.92 Å². The number of likely N-dealkylation sites (tertiary alicyclic amines) is 1. The first-order valence-corrected chi connectivity index (χ1v) is 12.6. The smallest absolute Gasteiger partial charge is 0.228 e. The zero-order valence-corrected chi connectivity index (χ0v) is 19.2. The number of sulfone groups is 1. The quantitative estimate of drug-likeness (QED) is 0.657. The predicted octanol–water partition coefficient (Wildman–Crippen LogP) is 3.29. The van der Waals surface area contributed by atoms with E-state index in [1.807, 2.05) is 29.7 Å². The van der Waals surface area contributed by atoms with Crippen LogP contribution in [0.4, 0.5) is 0 Å². The summed E-state index contributed by atoms with van der Waals surface area (Å²) in [6.45, 7) is 8.54. The molecule has 2 aromatic rings. The van der Waals surface area contributed by atoms with Crippen molar-refractivity contribution in [1.29, 1.82) is 0 Å². The van der Waals surface area contributed by atoms with Crippen molar-refractivity contribution in [2.24, 2.45) is 5.92 Å². The Labute approximate surface area is 180 Å². The van der Waals surface area contributed by atoms with Gasteiger partial charge < -0.3 is 9.67 Å². The van der Waals surface area contributed by atoms with E-state index in [0.29, 0.717) is 19.0 Å². The summed E-state index contributed by atoms with van der Waals surface area (Å²) in [5.41, 5.74) is 2.12. The highest BCUT2D eigenvalue weighted by molar-refractivity contribution is 7.91. The third-order valence-electron chi connectivity index (χ3n) is 6.22. The van der Waals surface area contributed by atoms with Gasteiger partial charge in [0.25, 0.3) is 0 Å². The van der Waals surface area contributed by atoms with Crippen molar-refractivity contribution < 1.29 is 13.5 Å². The molecule has 30 heavy (non-hydrogen) atoms. The van der Waals surface area contributed by atoms with Crippen LogP contribution >= 0.6 is 0 Å². The van der Waals surface area contributed by atoms with Crippen LogP contribution in [0.3, 0.4) is 0 Å². The number of piperidine rings is 1. The lowest BCUT2D eigenvalue weighted by Crippen LogP contribution is -2.37. The Bertz CT molecular complexity index is 901. The molecule has 1 aromatic heterocycles. The number of aliphatic hydroxyl groups excluding tert-OH is 1. The van der Waals surface area contributed by atoms with Crippen LogP contribution < -0.4 is 0 Å². The van der Waals surface area contributed by atoms with E-state index in [9.17, 15) is 13.5 Å². The molecule has 0 unspecified atom stereocenters. The molecule has 0 aliphatic carbocycles. The minimum atomic E-state index is -3.46. The highest BCUT2D eigenvalue weighted by atomic mass is 32.2. The molecule has 0 saturated carbocycles. The molecule has 7 heteroatoms. The summed E-state index contributed by atoms with van der Waals surface area (Å²) in [6, 6.07) is 10.1. The molecule has 3 rings (SSSR count). The largest absolute Gasteiger partial charge is 0.393 e. The second kappa shape index (κ2) is 10.1. The van der Waals surface area contributed by atoms with Crippen LogP contribution in [0.15, 0.2) is 41.7 Å². The van der Waals surface area contributed by atoms with E-state index >= 15 is 0 Å². The molecule has 0 bridgehead atoms. The minimum Gasteiger partial charge on any atom is -0.393 e. The zero-order chi connectivity index (χ0) is 21.7. The third kappa shape index (κ3) is 5.31. The fourth-order valence-corrected chi connectivity index (χ4v) is 5.28. The van der Waals surface area contributed by atoms with Gasteiger partial charge in [-0.05, 0) is 64.1 Å². The summed E-state index contributed by atoms with van der Waals surface area (Å²) in [5, 5.41) is 9.80. The summed E-state index contributed by atoms with van der Waals surface area (Å²) < 4.78 is 27.7. The van der Waals surface area contributed by atoms with E-state index in [-0.39, 0.29) is 11.3 Å². The van der Waals surface area contributed by atoms with E-state index in [2.05, 4.69) is 22.0 Å². The molecular formula is C23H35N3O3S. The molecule has 1 aliphatic rings. The highest BCUT2D eigenvalue weighted by Gasteiger charge is 2.28. The molecule has 0 radical (unpaired) electrons. The number of benzene rings is 1. The SMILES string of the molecule is CC[C@@H](O)C1CCN(Cc2cnc(S(=O)(=O)C(C)C)n2CCc2ccccc2)CC1. The average molecular weight is 434 g/mol. The lowest BCUT2D eigenvalue weighted by atomic mass is 9.90. The lowest BCUT2D eigenvalue weighted by Gasteiger charge is -2.34. The van der Waals surface area contributed by atoms with Crippen LogP contribution in [0.1, 0.15) is 51.3 Å². The molecule has 1 aromatic carbocycles. The van der Waals surface area contributed by atoms with Gasteiger partial charge in [0.15, 0.2) is 0 Å². The van der Waals surface area contributed by atoms with Gasteiger partial charge in [0.2, 0.25) is 15.0 Å². The topological polar surface area (TPSA) is 75.4 Å². The van der Waals surface area contributed by atoms with Crippen molar-refractivity contribution in [1.82, 2.24) is 14.5 Å². The number of hydrogen-bond acceptors (Lipinski definition) is 5. The Balaban J connectivity index is 1.77. The van der Waals surface area contributed by atoms with E-state index in [0.717, 1.165) is 44.5 Å². The van der Waals surface area contributed by atoms with E-state index < -0.39 is 15.1 Å². The number of rotatable bonds is 9. The Morgan fingerprint density at radius 1 is 1.17 bits per heavy atom. The van der Waals surface area contributed by atoms with Crippen LogP contribution in [0.5, 0.6) is 0 Å². The minimum absolute atomic E-state index is 0.180. The van der Waals surface area contributed by atoms with Crippen molar-refractivity contribution >= 4 is 9.84 Å². The Hall–Kier alpha value is -1.70. The van der Waals surface area contributed by atoms with Crippen molar-refractivity contribution in [3.63, 3.8) is 0 Å². The van der Waals surface area contributed by atoms with Gasteiger partial charge in [-0.3, -0.25) is 4.90 Å². The van der Waals surface area contributed by atoms with Gasteiger partial charge in [-0.25, -0.2) is 13.4 Å². The average Bonchev–Trinajstić information content (AvgIpc) is 3.16. The number of aliphatic hydroxyl groups is 1. The maximum atomic E-state index is 12.9. The first-order chi connectivity index (χ1) is 14.3. The molecule has 2 heterocycles. The molecule has 1 N–H and O–H groups in total. The Morgan fingerprint density at radius 3 is 2.43 bits per heavy atom. The maximum Gasteiger partial charge on any atom is 0.228 e. The van der Waals surface area contributed by atoms with Gasteiger partial charge in [-0.15, -0.1) is 0 Å². The van der Waals surface area contributed by atoms with E-state index in [4.69, 9.17) is 0 Å². The van der Waals surface area contributed by atoms with Crippen molar-refractivity contribution in [3.05, 3.63) is 47.8 Å². The molecule has 1 saturated heterocycles. The Morgan fingerprint density at radius 2 is 1.83 bits per heavy atom.